The number of ether oxygens (including phenoxy) is 1. The lowest BCUT2D eigenvalue weighted by Gasteiger charge is -2.29. The summed E-state index contributed by atoms with van der Waals surface area (Å²) in [5.41, 5.74) is -0.131. The van der Waals surface area contributed by atoms with Gasteiger partial charge in [-0.1, -0.05) is 41.0 Å². The fourth-order valence-electron chi connectivity index (χ4n) is 2.38. The molecule has 2 nitrogen and oxygen atoms in total. The molecular formula is C17H34O2. The highest BCUT2D eigenvalue weighted by Crippen LogP contribution is 2.28. The zero-order chi connectivity index (χ0) is 14.9. The maximum atomic E-state index is 12.2. The second-order valence-electron chi connectivity index (χ2n) is 6.20. The first-order valence-corrected chi connectivity index (χ1v) is 8.04. The van der Waals surface area contributed by atoms with Gasteiger partial charge in [0.05, 0.1) is 5.60 Å². The highest BCUT2D eigenvalue weighted by molar-refractivity contribution is 5.84. The van der Waals surface area contributed by atoms with Crippen molar-refractivity contribution in [1.29, 1.82) is 0 Å². The van der Waals surface area contributed by atoms with Gasteiger partial charge >= 0.3 is 0 Å². The van der Waals surface area contributed by atoms with E-state index in [-0.39, 0.29) is 11.0 Å². The first-order chi connectivity index (χ1) is 8.87. The van der Waals surface area contributed by atoms with E-state index in [0.29, 0.717) is 18.8 Å². The largest absolute Gasteiger partial charge is 0.375 e. The van der Waals surface area contributed by atoms with Gasteiger partial charge in [-0.25, -0.2) is 0 Å². The number of Topliss-reactive ketones (excluding diaryl/α,β-unsaturated/α-hetero) is 1. The third kappa shape index (κ3) is 6.07. The normalized spacial score (nSPS) is 15.3. The lowest BCUT2D eigenvalue weighted by molar-refractivity contribution is -0.129. The van der Waals surface area contributed by atoms with Gasteiger partial charge in [-0.15, -0.1) is 0 Å². The van der Waals surface area contributed by atoms with Crippen LogP contribution in [0.4, 0.5) is 0 Å². The number of hydrogen-bond acceptors (Lipinski definition) is 2. The van der Waals surface area contributed by atoms with E-state index in [1.807, 2.05) is 0 Å². The van der Waals surface area contributed by atoms with Gasteiger partial charge in [-0.05, 0) is 39.0 Å². The minimum Gasteiger partial charge on any atom is -0.375 e. The van der Waals surface area contributed by atoms with E-state index >= 15 is 0 Å². The Hall–Kier alpha value is -0.370. The van der Waals surface area contributed by atoms with Crippen molar-refractivity contribution in [3.8, 4) is 0 Å². The molecule has 0 N–H and O–H groups in total. The lowest BCUT2D eigenvalue weighted by Crippen LogP contribution is -2.29. The van der Waals surface area contributed by atoms with E-state index in [2.05, 4.69) is 41.5 Å². The molecule has 0 aliphatic heterocycles. The molecule has 0 aromatic heterocycles. The van der Waals surface area contributed by atoms with Gasteiger partial charge in [-0.3, -0.25) is 4.79 Å². The van der Waals surface area contributed by atoms with Crippen molar-refractivity contribution in [2.75, 3.05) is 6.61 Å². The Morgan fingerprint density at radius 2 is 1.58 bits per heavy atom. The third-order valence-corrected chi connectivity index (χ3v) is 4.76. The van der Waals surface area contributed by atoms with E-state index in [4.69, 9.17) is 4.74 Å². The van der Waals surface area contributed by atoms with Crippen LogP contribution in [0, 0.1) is 5.41 Å². The summed E-state index contributed by atoms with van der Waals surface area (Å²) >= 11 is 0. The van der Waals surface area contributed by atoms with E-state index in [1.165, 1.54) is 0 Å². The number of carbonyl (C=O) groups excluding carboxylic acids is 1. The maximum Gasteiger partial charge on any atom is 0.138 e. The van der Waals surface area contributed by atoms with Crippen LogP contribution in [-0.4, -0.2) is 18.0 Å². The molecule has 0 fully saturated rings. The molecule has 0 spiro atoms. The van der Waals surface area contributed by atoms with Crippen LogP contribution in [0.5, 0.6) is 0 Å². The summed E-state index contributed by atoms with van der Waals surface area (Å²) < 4.78 is 6.00. The Morgan fingerprint density at radius 3 is 2.00 bits per heavy atom. The van der Waals surface area contributed by atoms with Crippen LogP contribution >= 0.6 is 0 Å². The zero-order valence-corrected chi connectivity index (χ0v) is 14.0. The SMILES string of the molecule is CCCC(C)(CC)OCCCC(=O)C(C)(CC)CC. The van der Waals surface area contributed by atoms with Gasteiger partial charge in [0.25, 0.3) is 0 Å². The molecule has 0 rings (SSSR count). The number of hydrogen-bond donors (Lipinski definition) is 0. The summed E-state index contributed by atoms with van der Waals surface area (Å²) in [6.45, 7) is 13.5. The molecule has 0 aliphatic carbocycles. The molecule has 0 aliphatic rings. The van der Waals surface area contributed by atoms with E-state index in [0.717, 1.165) is 38.5 Å². The number of ketones is 1. The second kappa shape index (κ2) is 8.73. The monoisotopic (exact) mass is 270 g/mol. The Labute approximate surface area is 120 Å². The Balaban J connectivity index is 4.07. The van der Waals surface area contributed by atoms with Crippen molar-refractivity contribution in [3.05, 3.63) is 0 Å². The molecular weight excluding hydrogens is 236 g/mol. The fourth-order valence-corrected chi connectivity index (χ4v) is 2.38. The molecule has 1 atom stereocenters. The first kappa shape index (κ1) is 18.6. The van der Waals surface area contributed by atoms with Crippen LogP contribution < -0.4 is 0 Å². The topological polar surface area (TPSA) is 26.3 Å². The first-order valence-electron chi connectivity index (χ1n) is 8.04. The van der Waals surface area contributed by atoms with Crippen LogP contribution in [0.1, 0.15) is 86.5 Å². The van der Waals surface area contributed by atoms with Crippen LogP contribution in [0.25, 0.3) is 0 Å². The zero-order valence-electron chi connectivity index (χ0n) is 14.0. The second-order valence-corrected chi connectivity index (χ2v) is 6.20. The molecule has 0 heterocycles. The van der Waals surface area contributed by atoms with Crippen molar-refractivity contribution in [2.45, 2.75) is 92.1 Å². The smallest absolute Gasteiger partial charge is 0.138 e. The standard InChI is InChI=1S/C17H34O2/c1-7-13-17(6,10-4)19-14-11-12-15(18)16(5,8-2)9-3/h7-14H2,1-6H3. The lowest BCUT2D eigenvalue weighted by atomic mass is 9.79. The number of rotatable bonds is 11. The van der Waals surface area contributed by atoms with Gasteiger partial charge in [0, 0.05) is 18.4 Å². The van der Waals surface area contributed by atoms with Crippen molar-refractivity contribution in [3.63, 3.8) is 0 Å². The van der Waals surface area contributed by atoms with Crippen molar-refractivity contribution < 1.29 is 9.53 Å². The Morgan fingerprint density at radius 1 is 1.00 bits per heavy atom. The van der Waals surface area contributed by atoms with Gasteiger partial charge in [0.1, 0.15) is 5.78 Å². The Bertz CT molecular complexity index is 256. The Kier molecular flexibility index (Phi) is 8.56. The molecule has 0 radical (unpaired) electrons. The minimum absolute atomic E-state index is 0.00336. The average Bonchev–Trinajstić information content (AvgIpc) is 2.42. The summed E-state index contributed by atoms with van der Waals surface area (Å²) in [6.07, 6.45) is 6.66. The summed E-state index contributed by atoms with van der Waals surface area (Å²) in [4.78, 5) is 12.2. The molecule has 2 heteroatoms. The average molecular weight is 270 g/mol. The molecule has 0 amide bonds. The molecule has 114 valence electrons. The fraction of sp³-hybridized carbons (Fsp3) is 0.941. The van der Waals surface area contributed by atoms with Crippen molar-refractivity contribution in [1.82, 2.24) is 0 Å². The molecule has 0 bridgehead atoms. The summed E-state index contributed by atoms with van der Waals surface area (Å²) in [6, 6.07) is 0. The molecule has 0 aromatic rings. The molecule has 1 unspecified atom stereocenters. The predicted octanol–water partition coefficient (Wildman–Crippen LogP) is 5.15. The van der Waals surface area contributed by atoms with Gasteiger partial charge < -0.3 is 4.74 Å². The van der Waals surface area contributed by atoms with Crippen LogP contribution in [0.15, 0.2) is 0 Å². The van der Waals surface area contributed by atoms with Crippen LogP contribution in [0.3, 0.4) is 0 Å². The molecule has 0 saturated heterocycles. The van der Waals surface area contributed by atoms with Crippen molar-refractivity contribution in [2.24, 2.45) is 5.41 Å². The van der Waals surface area contributed by atoms with Gasteiger partial charge in [-0.2, -0.15) is 0 Å². The number of carbonyl (C=O) groups is 1. The predicted molar refractivity (Wildman–Crippen MR) is 82.5 cm³/mol. The van der Waals surface area contributed by atoms with Gasteiger partial charge in [0.15, 0.2) is 0 Å². The van der Waals surface area contributed by atoms with E-state index in [1.54, 1.807) is 0 Å². The third-order valence-electron chi connectivity index (χ3n) is 4.76. The summed E-state index contributed by atoms with van der Waals surface area (Å²) in [7, 11) is 0. The molecule has 19 heavy (non-hydrogen) atoms. The molecule has 0 saturated carbocycles. The quantitative estimate of drug-likeness (QED) is 0.485. The highest BCUT2D eigenvalue weighted by atomic mass is 16.5. The van der Waals surface area contributed by atoms with Crippen LogP contribution in [-0.2, 0) is 9.53 Å². The summed E-state index contributed by atoms with van der Waals surface area (Å²) in [5, 5.41) is 0. The minimum atomic E-state index is -0.128. The summed E-state index contributed by atoms with van der Waals surface area (Å²) in [5.74, 6) is 0.398. The maximum absolute atomic E-state index is 12.2. The van der Waals surface area contributed by atoms with Gasteiger partial charge in [0.2, 0.25) is 0 Å². The van der Waals surface area contributed by atoms with E-state index < -0.39 is 0 Å². The van der Waals surface area contributed by atoms with E-state index in [9.17, 15) is 4.79 Å². The van der Waals surface area contributed by atoms with Crippen LogP contribution in [0.2, 0.25) is 0 Å². The highest BCUT2D eigenvalue weighted by Gasteiger charge is 2.28. The molecule has 0 aromatic carbocycles. The van der Waals surface area contributed by atoms with Crippen molar-refractivity contribution >= 4 is 5.78 Å².